The predicted molar refractivity (Wildman–Crippen MR) is 132 cm³/mol. The number of hydrogen-bond acceptors (Lipinski definition) is 6. The summed E-state index contributed by atoms with van der Waals surface area (Å²) >= 11 is 1.52. The summed E-state index contributed by atoms with van der Waals surface area (Å²) in [5.41, 5.74) is 9.17. The van der Waals surface area contributed by atoms with E-state index in [1.54, 1.807) is 13.3 Å². The Bertz CT molecular complexity index is 1200. The van der Waals surface area contributed by atoms with E-state index >= 15 is 0 Å². The summed E-state index contributed by atoms with van der Waals surface area (Å²) < 4.78 is 11.6. The maximum absolute atomic E-state index is 6.12. The minimum absolute atomic E-state index is 0.414. The summed E-state index contributed by atoms with van der Waals surface area (Å²) in [6, 6.07) is 22.1. The van der Waals surface area contributed by atoms with Gasteiger partial charge in [0.2, 0.25) is 5.13 Å². The van der Waals surface area contributed by atoms with Crippen molar-refractivity contribution in [1.29, 1.82) is 0 Å². The summed E-state index contributed by atoms with van der Waals surface area (Å²) in [5.74, 6) is 1.70. The van der Waals surface area contributed by atoms with Crippen LogP contribution in [0.4, 0.5) is 5.13 Å². The third-order valence-electron chi connectivity index (χ3n) is 5.03. The van der Waals surface area contributed by atoms with Crippen LogP contribution in [-0.4, -0.2) is 18.3 Å². The second-order valence-corrected chi connectivity index (χ2v) is 8.21. The lowest BCUT2D eigenvalue weighted by Gasteiger charge is -2.14. The molecule has 162 valence electrons. The van der Waals surface area contributed by atoms with Gasteiger partial charge in [-0.15, -0.1) is 11.3 Å². The van der Waals surface area contributed by atoms with Crippen LogP contribution in [0, 0.1) is 13.8 Å². The van der Waals surface area contributed by atoms with Gasteiger partial charge in [-0.3, -0.25) is 5.43 Å². The highest BCUT2D eigenvalue weighted by molar-refractivity contribution is 7.14. The number of anilines is 1. The van der Waals surface area contributed by atoms with Crippen LogP contribution in [0.2, 0.25) is 0 Å². The molecular weight excluding hydrogens is 418 g/mol. The van der Waals surface area contributed by atoms with E-state index in [4.69, 9.17) is 9.47 Å². The minimum Gasteiger partial charge on any atom is -0.496 e. The van der Waals surface area contributed by atoms with E-state index in [2.05, 4.69) is 41.5 Å². The second kappa shape index (κ2) is 10.1. The van der Waals surface area contributed by atoms with Crippen LogP contribution in [0.25, 0.3) is 11.3 Å². The van der Waals surface area contributed by atoms with Crippen LogP contribution in [0.3, 0.4) is 0 Å². The first kappa shape index (κ1) is 21.6. The Hall–Kier alpha value is -3.64. The first-order chi connectivity index (χ1) is 15.6. The van der Waals surface area contributed by atoms with Gasteiger partial charge in [0.05, 0.1) is 19.0 Å². The van der Waals surface area contributed by atoms with Gasteiger partial charge in [-0.05, 0) is 48.7 Å². The van der Waals surface area contributed by atoms with Crippen molar-refractivity contribution in [3.8, 4) is 22.8 Å². The third kappa shape index (κ3) is 5.15. The van der Waals surface area contributed by atoms with Gasteiger partial charge in [0, 0.05) is 16.5 Å². The van der Waals surface area contributed by atoms with Crippen molar-refractivity contribution in [2.45, 2.75) is 20.5 Å². The molecule has 0 radical (unpaired) electrons. The summed E-state index contributed by atoms with van der Waals surface area (Å²) in [6.45, 7) is 4.52. The largest absolute Gasteiger partial charge is 0.496 e. The molecule has 1 heterocycles. The molecule has 0 amide bonds. The van der Waals surface area contributed by atoms with Gasteiger partial charge in [0.1, 0.15) is 18.1 Å². The van der Waals surface area contributed by atoms with Gasteiger partial charge in [0.25, 0.3) is 0 Å². The van der Waals surface area contributed by atoms with E-state index < -0.39 is 0 Å². The van der Waals surface area contributed by atoms with Crippen LogP contribution in [0.15, 0.2) is 77.2 Å². The molecule has 6 heteroatoms. The smallest absolute Gasteiger partial charge is 0.203 e. The van der Waals surface area contributed by atoms with Gasteiger partial charge in [-0.25, -0.2) is 4.98 Å². The molecule has 1 N–H and O–H groups in total. The van der Waals surface area contributed by atoms with Gasteiger partial charge in [0.15, 0.2) is 0 Å². The Morgan fingerprint density at radius 3 is 2.53 bits per heavy atom. The van der Waals surface area contributed by atoms with Gasteiger partial charge in [-0.1, -0.05) is 48.5 Å². The molecule has 32 heavy (non-hydrogen) atoms. The van der Waals surface area contributed by atoms with Crippen molar-refractivity contribution >= 4 is 22.7 Å². The summed E-state index contributed by atoms with van der Waals surface area (Å²) in [4.78, 5) is 4.59. The van der Waals surface area contributed by atoms with E-state index in [1.807, 2.05) is 60.0 Å². The van der Waals surface area contributed by atoms with E-state index in [-0.39, 0.29) is 0 Å². The highest BCUT2D eigenvalue weighted by Gasteiger charge is 2.08. The summed E-state index contributed by atoms with van der Waals surface area (Å²) in [7, 11) is 1.67. The topological polar surface area (TPSA) is 55.7 Å². The van der Waals surface area contributed by atoms with E-state index in [0.717, 1.165) is 50.1 Å². The second-order valence-electron chi connectivity index (χ2n) is 7.35. The highest BCUT2D eigenvalue weighted by atomic mass is 32.1. The van der Waals surface area contributed by atoms with Crippen molar-refractivity contribution in [2.24, 2.45) is 5.10 Å². The Balaban J connectivity index is 1.44. The standard InChI is InChI=1S/C26H25N3O2S/c1-18-8-7-9-19(2)25(18)31-16-22-14-20(12-13-24(22)30-3)15-27-29-26-28-23(17-32-26)21-10-5-4-6-11-21/h4-15,17H,16H2,1-3H3,(H,28,29). The molecule has 0 aliphatic heterocycles. The molecule has 0 aliphatic carbocycles. The summed E-state index contributed by atoms with van der Waals surface area (Å²) in [5, 5.41) is 7.11. The van der Waals surface area contributed by atoms with Gasteiger partial charge < -0.3 is 9.47 Å². The van der Waals surface area contributed by atoms with E-state index in [0.29, 0.717) is 6.61 Å². The fourth-order valence-electron chi connectivity index (χ4n) is 3.40. The number of benzene rings is 3. The van der Waals surface area contributed by atoms with Crippen molar-refractivity contribution in [2.75, 3.05) is 12.5 Å². The monoisotopic (exact) mass is 443 g/mol. The molecule has 0 saturated carbocycles. The normalized spacial score (nSPS) is 11.0. The lowest BCUT2D eigenvalue weighted by atomic mass is 10.1. The minimum atomic E-state index is 0.414. The number of rotatable bonds is 8. The molecule has 5 nitrogen and oxygen atoms in total. The summed E-state index contributed by atoms with van der Waals surface area (Å²) in [6.07, 6.45) is 1.77. The zero-order valence-electron chi connectivity index (χ0n) is 18.3. The molecule has 1 aromatic heterocycles. The molecule has 0 aliphatic rings. The molecule has 0 unspecified atom stereocenters. The fourth-order valence-corrected chi connectivity index (χ4v) is 4.07. The van der Waals surface area contributed by atoms with Crippen LogP contribution in [0.1, 0.15) is 22.3 Å². The number of methoxy groups -OCH3 is 1. The van der Waals surface area contributed by atoms with Crippen LogP contribution in [-0.2, 0) is 6.61 Å². The molecular formula is C26H25N3O2S. The van der Waals surface area contributed by atoms with Crippen LogP contribution >= 0.6 is 11.3 Å². The number of aromatic nitrogens is 1. The zero-order valence-corrected chi connectivity index (χ0v) is 19.1. The molecule has 0 atom stereocenters. The van der Waals surface area contributed by atoms with Gasteiger partial charge in [-0.2, -0.15) is 5.10 Å². The van der Waals surface area contributed by atoms with Crippen molar-refractivity contribution in [1.82, 2.24) is 4.98 Å². The predicted octanol–water partition coefficient (Wildman–Crippen LogP) is 6.46. The number of thiazole rings is 1. The Morgan fingerprint density at radius 1 is 1.00 bits per heavy atom. The molecule has 0 bridgehead atoms. The lowest BCUT2D eigenvalue weighted by Crippen LogP contribution is -2.02. The third-order valence-corrected chi connectivity index (χ3v) is 5.78. The molecule has 4 aromatic rings. The number of aryl methyl sites for hydroxylation is 2. The first-order valence-electron chi connectivity index (χ1n) is 10.3. The van der Waals surface area contributed by atoms with Gasteiger partial charge >= 0.3 is 0 Å². The number of hydrazone groups is 1. The van der Waals surface area contributed by atoms with Crippen molar-refractivity contribution in [3.63, 3.8) is 0 Å². The fraction of sp³-hybridized carbons (Fsp3) is 0.154. The molecule has 3 aromatic carbocycles. The average molecular weight is 444 g/mol. The number of para-hydroxylation sites is 1. The lowest BCUT2D eigenvalue weighted by molar-refractivity contribution is 0.293. The number of ether oxygens (including phenoxy) is 2. The quantitative estimate of drug-likeness (QED) is 0.251. The Labute approximate surface area is 192 Å². The number of hydrogen-bond donors (Lipinski definition) is 1. The van der Waals surface area contributed by atoms with E-state index in [1.165, 1.54) is 11.3 Å². The molecule has 4 rings (SSSR count). The van der Waals surface area contributed by atoms with Crippen LogP contribution in [0.5, 0.6) is 11.5 Å². The van der Waals surface area contributed by atoms with Crippen LogP contribution < -0.4 is 14.9 Å². The SMILES string of the molecule is COc1ccc(C=NNc2nc(-c3ccccc3)cs2)cc1COc1c(C)cccc1C. The van der Waals surface area contributed by atoms with Crippen molar-refractivity contribution < 1.29 is 9.47 Å². The highest BCUT2D eigenvalue weighted by Crippen LogP contribution is 2.27. The maximum atomic E-state index is 6.12. The maximum Gasteiger partial charge on any atom is 0.203 e. The molecule has 0 fully saturated rings. The van der Waals surface area contributed by atoms with Crippen molar-refractivity contribution in [3.05, 3.63) is 94.4 Å². The van der Waals surface area contributed by atoms with E-state index in [9.17, 15) is 0 Å². The molecule has 0 saturated heterocycles. The number of nitrogens with one attached hydrogen (secondary N) is 1. The Kier molecular flexibility index (Phi) is 6.82. The average Bonchev–Trinajstić information content (AvgIpc) is 3.28. The zero-order chi connectivity index (χ0) is 22.3. The Morgan fingerprint density at radius 2 is 1.78 bits per heavy atom. The first-order valence-corrected chi connectivity index (χ1v) is 11.2. The molecule has 0 spiro atoms. The number of nitrogens with zero attached hydrogens (tertiary/aromatic N) is 2.